The Morgan fingerprint density at radius 3 is 2.64 bits per heavy atom. The standard InChI is InChI=1S/C7H13NO5S/c1-13-2-7(10)8-5-3-14(11,12)4-6(5)9/h5-6,9H,2-4H2,1H3,(H,8,10)/t5-,6+/m0/s1. The molecule has 1 amide bonds. The van der Waals surface area contributed by atoms with Gasteiger partial charge in [-0.05, 0) is 0 Å². The molecule has 0 spiro atoms. The second-order valence-corrected chi connectivity index (χ2v) is 5.41. The second-order valence-electron chi connectivity index (χ2n) is 3.25. The van der Waals surface area contributed by atoms with Crippen molar-refractivity contribution < 1.29 is 23.1 Å². The van der Waals surface area contributed by atoms with E-state index in [4.69, 9.17) is 0 Å². The zero-order valence-corrected chi connectivity index (χ0v) is 8.58. The third-order valence-electron chi connectivity index (χ3n) is 1.94. The van der Waals surface area contributed by atoms with Crippen LogP contribution in [0.2, 0.25) is 0 Å². The van der Waals surface area contributed by atoms with Crippen LogP contribution in [-0.2, 0) is 19.4 Å². The SMILES string of the molecule is COCC(=O)N[C@H]1CS(=O)(=O)C[C@H]1O. The number of amides is 1. The minimum atomic E-state index is -3.21. The number of nitrogens with one attached hydrogen (secondary N) is 1. The molecule has 7 heteroatoms. The van der Waals surface area contributed by atoms with Crippen LogP contribution < -0.4 is 5.32 Å². The Morgan fingerprint density at radius 2 is 2.21 bits per heavy atom. The molecule has 1 heterocycles. The van der Waals surface area contributed by atoms with Crippen LogP contribution in [-0.4, -0.2) is 56.8 Å². The summed E-state index contributed by atoms with van der Waals surface area (Å²) in [6.07, 6.45) is -1.01. The molecule has 1 aliphatic rings. The fourth-order valence-corrected chi connectivity index (χ4v) is 3.09. The molecular formula is C7H13NO5S. The lowest BCUT2D eigenvalue weighted by Crippen LogP contribution is -2.44. The number of aliphatic hydroxyl groups is 1. The van der Waals surface area contributed by atoms with Gasteiger partial charge in [0.05, 0.1) is 23.7 Å². The van der Waals surface area contributed by atoms with Crippen LogP contribution in [0.4, 0.5) is 0 Å². The molecule has 0 aromatic carbocycles. The lowest BCUT2D eigenvalue weighted by molar-refractivity contribution is -0.125. The topological polar surface area (TPSA) is 92.7 Å². The van der Waals surface area contributed by atoms with Crippen molar-refractivity contribution in [3.63, 3.8) is 0 Å². The summed E-state index contributed by atoms with van der Waals surface area (Å²) in [5.41, 5.74) is 0. The molecule has 0 saturated carbocycles. The molecular weight excluding hydrogens is 210 g/mol. The van der Waals surface area contributed by atoms with Crippen molar-refractivity contribution in [2.24, 2.45) is 0 Å². The maximum absolute atomic E-state index is 11.0. The van der Waals surface area contributed by atoms with Gasteiger partial charge in [-0.3, -0.25) is 4.79 Å². The van der Waals surface area contributed by atoms with Crippen LogP contribution in [0.3, 0.4) is 0 Å². The molecule has 1 fully saturated rings. The Balaban J connectivity index is 2.51. The maximum Gasteiger partial charge on any atom is 0.246 e. The van der Waals surface area contributed by atoms with Crippen LogP contribution >= 0.6 is 0 Å². The predicted molar refractivity (Wildman–Crippen MR) is 48.5 cm³/mol. The highest BCUT2D eigenvalue weighted by Crippen LogP contribution is 2.12. The van der Waals surface area contributed by atoms with Crippen LogP contribution in [0.5, 0.6) is 0 Å². The van der Waals surface area contributed by atoms with Gasteiger partial charge in [-0.15, -0.1) is 0 Å². The molecule has 14 heavy (non-hydrogen) atoms. The Bertz CT molecular complexity index is 312. The van der Waals surface area contributed by atoms with Gasteiger partial charge in [0.25, 0.3) is 0 Å². The lowest BCUT2D eigenvalue weighted by Gasteiger charge is -2.14. The van der Waals surface area contributed by atoms with Gasteiger partial charge in [-0.1, -0.05) is 0 Å². The number of carbonyl (C=O) groups excluding carboxylic acids is 1. The van der Waals surface area contributed by atoms with Crippen LogP contribution in [0.25, 0.3) is 0 Å². The summed E-state index contributed by atoms with van der Waals surface area (Å²) in [6, 6.07) is -0.706. The van der Waals surface area contributed by atoms with Gasteiger partial charge in [0, 0.05) is 7.11 Å². The quantitative estimate of drug-likeness (QED) is 0.572. The van der Waals surface area contributed by atoms with E-state index in [0.29, 0.717) is 0 Å². The number of sulfone groups is 1. The number of aliphatic hydroxyl groups excluding tert-OH is 1. The van der Waals surface area contributed by atoms with E-state index in [1.807, 2.05) is 0 Å². The lowest BCUT2D eigenvalue weighted by atomic mass is 10.2. The maximum atomic E-state index is 11.0. The molecule has 0 aromatic heterocycles. The van der Waals surface area contributed by atoms with E-state index in [2.05, 4.69) is 10.1 Å². The molecule has 0 aromatic rings. The first-order chi connectivity index (χ1) is 6.44. The Kier molecular flexibility index (Phi) is 3.46. The monoisotopic (exact) mass is 223 g/mol. The summed E-state index contributed by atoms with van der Waals surface area (Å²) in [6.45, 7) is -0.136. The summed E-state index contributed by atoms with van der Waals surface area (Å²) < 4.78 is 26.7. The van der Waals surface area contributed by atoms with Crippen molar-refractivity contribution >= 4 is 15.7 Å². The third-order valence-corrected chi connectivity index (χ3v) is 3.66. The summed E-state index contributed by atoms with van der Waals surface area (Å²) >= 11 is 0. The van der Waals surface area contributed by atoms with Gasteiger partial charge in [0.15, 0.2) is 9.84 Å². The first-order valence-electron chi connectivity index (χ1n) is 4.11. The molecule has 2 N–H and O–H groups in total. The number of methoxy groups -OCH3 is 1. The first kappa shape index (κ1) is 11.4. The summed E-state index contributed by atoms with van der Waals surface area (Å²) in [4.78, 5) is 11.0. The highest BCUT2D eigenvalue weighted by molar-refractivity contribution is 7.91. The molecule has 0 radical (unpaired) electrons. The van der Waals surface area contributed by atoms with Gasteiger partial charge in [-0.25, -0.2) is 8.42 Å². The molecule has 2 atom stereocenters. The van der Waals surface area contributed by atoms with Gasteiger partial charge in [-0.2, -0.15) is 0 Å². The Labute approximate surface area is 82.2 Å². The molecule has 1 aliphatic heterocycles. The molecule has 0 bridgehead atoms. The second kappa shape index (κ2) is 4.24. The van der Waals surface area contributed by atoms with Crippen molar-refractivity contribution in [1.82, 2.24) is 5.32 Å². The highest BCUT2D eigenvalue weighted by atomic mass is 32.2. The average Bonchev–Trinajstić information content (AvgIpc) is 2.25. The number of hydrogen-bond donors (Lipinski definition) is 2. The number of rotatable bonds is 3. The van der Waals surface area contributed by atoms with Crippen molar-refractivity contribution in [3.05, 3.63) is 0 Å². The first-order valence-corrected chi connectivity index (χ1v) is 5.93. The van der Waals surface area contributed by atoms with Crippen molar-refractivity contribution in [3.8, 4) is 0 Å². The number of carbonyl (C=O) groups is 1. The number of hydrogen-bond acceptors (Lipinski definition) is 5. The zero-order chi connectivity index (χ0) is 10.8. The number of ether oxygens (including phenoxy) is 1. The van der Waals surface area contributed by atoms with E-state index in [-0.39, 0.29) is 18.1 Å². The van der Waals surface area contributed by atoms with E-state index >= 15 is 0 Å². The molecule has 82 valence electrons. The van der Waals surface area contributed by atoms with E-state index < -0.39 is 27.9 Å². The highest BCUT2D eigenvalue weighted by Gasteiger charge is 2.37. The van der Waals surface area contributed by atoms with Gasteiger partial charge in [0.2, 0.25) is 5.91 Å². The Hall–Kier alpha value is -0.660. The van der Waals surface area contributed by atoms with E-state index in [1.54, 1.807) is 0 Å². The molecule has 6 nitrogen and oxygen atoms in total. The summed E-state index contributed by atoms with van der Waals surface area (Å²) in [5.74, 6) is -0.914. The van der Waals surface area contributed by atoms with Crippen LogP contribution in [0, 0.1) is 0 Å². The molecule has 0 aliphatic carbocycles. The van der Waals surface area contributed by atoms with Crippen LogP contribution in [0.15, 0.2) is 0 Å². The largest absolute Gasteiger partial charge is 0.390 e. The molecule has 1 saturated heterocycles. The third kappa shape index (κ3) is 2.93. The normalized spacial score (nSPS) is 30.1. The minimum absolute atomic E-state index is 0.136. The fourth-order valence-electron chi connectivity index (χ4n) is 1.35. The smallest absolute Gasteiger partial charge is 0.246 e. The van der Waals surface area contributed by atoms with Crippen molar-refractivity contribution in [1.29, 1.82) is 0 Å². The van der Waals surface area contributed by atoms with E-state index in [1.165, 1.54) is 7.11 Å². The Morgan fingerprint density at radius 1 is 1.57 bits per heavy atom. The average molecular weight is 223 g/mol. The van der Waals surface area contributed by atoms with Gasteiger partial charge < -0.3 is 15.2 Å². The molecule has 1 rings (SSSR count). The minimum Gasteiger partial charge on any atom is -0.390 e. The van der Waals surface area contributed by atoms with Crippen molar-refractivity contribution in [2.75, 3.05) is 25.2 Å². The zero-order valence-electron chi connectivity index (χ0n) is 7.76. The van der Waals surface area contributed by atoms with Gasteiger partial charge in [0.1, 0.15) is 6.61 Å². The molecule has 0 unspecified atom stereocenters. The predicted octanol–water partition coefficient (Wildman–Crippen LogP) is -2.09. The van der Waals surface area contributed by atoms with Crippen LogP contribution in [0.1, 0.15) is 0 Å². The van der Waals surface area contributed by atoms with Gasteiger partial charge >= 0.3 is 0 Å². The van der Waals surface area contributed by atoms with Crippen molar-refractivity contribution in [2.45, 2.75) is 12.1 Å². The fraction of sp³-hybridized carbons (Fsp3) is 0.857. The van der Waals surface area contributed by atoms with E-state index in [0.717, 1.165) is 0 Å². The summed E-state index contributed by atoms with van der Waals surface area (Å²) in [5, 5.41) is 11.7. The van der Waals surface area contributed by atoms with E-state index in [9.17, 15) is 18.3 Å². The summed E-state index contributed by atoms with van der Waals surface area (Å²) in [7, 11) is -1.85.